The number of anilines is 1. The monoisotopic (exact) mass is 348 g/mol. The van der Waals surface area contributed by atoms with Crippen LogP contribution in [-0.4, -0.2) is 27.6 Å². The van der Waals surface area contributed by atoms with Crippen molar-refractivity contribution >= 4 is 5.69 Å². The maximum atomic E-state index is 4.50. The molecule has 1 aliphatic rings. The van der Waals surface area contributed by atoms with Crippen LogP contribution in [0.1, 0.15) is 18.5 Å². The number of hydrazine groups is 1. The molecule has 0 spiro atoms. The number of imidazole rings is 1. The lowest BCUT2D eigenvalue weighted by Crippen LogP contribution is -2.26. The van der Waals surface area contributed by atoms with E-state index >= 15 is 0 Å². The van der Waals surface area contributed by atoms with Gasteiger partial charge < -0.3 is 9.88 Å². The Balaban J connectivity index is 1.46. The van der Waals surface area contributed by atoms with E-state index in [4.69, 9.17) is 0 Å². The summed E-state index contributed by atoms with van der Waals surface area (Å²) in [7, 11) is 0. The third kappa shape index (κ3) is 3.47. The van der Waals surface area contributed by atoms with E-state index in [0.717, 1.165) is 36.7 Å². The molecule has 6 heteroatoms. The third-order valence-corrected chi connectivity index (χ3v) is 4.88. The summed E-state index contributed by atoms with van der Waals surface area (Å²) in [4.78, 5) is 8.74. The zero-order valence-corrected chi connectivity index (χ0v) is 14.9. The predicted molar refractivity (Wildman–Crippen MR) is 103 cm³/mol. The van der Waals surface area contributed by atoms with E-state index in [-0.39, 0.29) is 6.04 Å². The molecule has 6 nitrogen and oxygen atoms in total. The van der Waals surface area contributed by atoms with E-state index in [1.807, 2.05) is 30.9 Å². The first-order chi connectivity index (χ1) is 12.8. The second-order valence-corrected chi connectivity index (χ2v) is 6.55. The van der Waals surface area contributed by atoms with Gasteiger partial charge in [-0.05, 0) is 30.7 Å². The van der Waals surface area contributed by atoms with Gasteiger partial charge in [0.2, 0.25) is 0 Å². The van der Waals surface area contributed by atoms with Crippen LogP contribution < -0.4 is 16.2 Å². The first-order valence-corrected chi connectivity index (χ1v) is 9.09. The van der Waals surface area contributed by atoms with Crippen LogP contribution in [0.15, 0.2) is 61.2 Å². The number of hydrogen-bond acceptors (Lipinski definition) is 5. The molecule has 0 aliphatic carbocycles. The van der Waals surface area contributed by atoms with Gasteiger partial charge in [-0.2, -0.15) is 0 Å². The Labute approximate surface area is 153 Å². The highest BCUT2D eigenvalue weighted by molar-refractivity contribution is 5.62. The lowest BCUT2D eigenvalue weighted by atomic mass is 9.96. The number of hydrogen-bond donors (Lipinski definition) is 3. The maximum Gasteiger partial charge on any atom is 0.139 e. The highest BCUT2D eigenvalue weighted by atomic mass is 15.4. The van der Waals surface area contributed by atoms with Gasteiger partial charge in [0.25, 0.3) is 0 Å². The number of aromatic nitrogens is 3. The number of aryl methyl sites for hydroxylation is 1. The lowest BCUT2D eigenvalue weighted by Gasteiger charge is -2.19. The number of nitrogens with zero attached hydrogens (tertiary/aromatic N) is 3. The van der Waals surface area contributed by atoms with Crippen molar-refractivity contribution in [2.24, 2.45) is 5.92 Å². The van der Waals surface area contributed by atoms with Crippen LogP contribution in [0.25, 0.3) is 11.4 Å². The van der Waals surface area contributed by atoms with Crippen molar-refractivity contribution in [3.63, 3.8) is 0 Å². The molecular weight excluding hydrogens is 324 g/mol. The molecule has 0 saturated carbocycles. The number of rotatable bonds is 6. The minimum Gasteiger partial charge on any atom is -0.385 e. The van der Waals surface area contributed by atoms with Crippen molar-refractivity contribution in [1.82, 2.24) is 25.4 Å². The fourth-order valence-corrected chi connectivity index (χ4v) is 3.48. The summed E-state index contributed by atoms with van der Waals surface area (Å²) in [6.07, 6.45) is 7.62. The van der Waals surface area contributed by atoms with Crippen LogP contribution in [0.2, 0.25) is 0 Å². The summed E-state index contributed by atoms with van der Waals surface area (Å²) < 4.78 is 2.16. The van der Waals surface area contributed by atoms with Crippen molar-refractivity contribution < 1.29 is 0 Å². The predicted octanol–water partition coefficient (Wildman–Crippen LogP) is 2.84. The molecule has 0 amide bonds. The van der Waals surface area contributed by atoms with Crippen molar-refractivity contribution in [2.45, 2.75) is 19.5 Å². The van der Waals surface area contributed by atoms with Gasteiger partial charge in [0.15, 0.2) is 0 Å². The molecule has 26 heavy (non-hydrogen) atoms. The molecule has 2 aromatic heterocycles. The van der Waals surface area contributed by atoms with Crippen LogP contribution in [-0.2, 0) is 6.54 Å². The first-order valence-electron chi connectivity index (χ1n) is 9.09. The molecule has 0 bridgehead atoms. The normalized spacial score (nSPS) is 19.6. The molecule has 0 radical (unpaired) electrons. The standard InChI is InChI=1S/C20H24N6/c1-2-26-10-9-22-20(26)15-5-3-7-18(11-15)23-13-17-14-24-25-19(17)16-6-4-8-21-12-16/h3-12,17,19,23-25H,2,13-14H2,1H3. The highest BCUT2D eigenvalue weighted by Crippen LogP contribution is 2.26. The quantitative estimate of drug-likeness (QED) is 0.639. The molecule has 1 fully saturated rings. The van der Waals surface area contributed by atoms with Crippen molar-refractivity contribution in [1.29, 1.82) is 0 Å². The molecule has 1 aliphatic heterocycles. The Morgan fingerprint density at radius 2 is 2.19 bits per heavy atom. The number of pyridine rings is 1. The van der Waals surface area contributed by atoms with Gasteiger partial charge in [0, 0.05) is 61.6 Å². The van der Waals surface area contributed by atoms with E-state index in [9.17, 15) is 0 Å². The fourth-order valence-electron chi connectivity index (χ4n) is 3.48. The van der Waals surface area contributed by atoms with Gasteiger partial charge in [-0.15, -0.1) is 0 Å². The summed E-state index contributed by atoms with van der Waals surface area (Å²) in [5.74, 6) is 1.45. The average Bonchev–Trinajstić information content (AvgIpc) is 3.36. The summed E-state index contributed by atoms with van der Waals surface area (Å²) in [6.45, 7) is 4.85. The minimum atomic E-state index is 0.262. The van der Waals surface area contributed by atoms with E-state index in [1.165, 1.54) is 5.56 Å². The average molecular weight is 348 g/mol. The Kier molecular flexibility index (Phi) is 4.95. The van der Waals surface area contributed by atoms with Crippen LogP contribution in [0.5, 0.6) is 0 Å². The molecule has 3 N–H and O–H groups in total. The topological polar surface area (TPSA) is 66.8 Å². The molecular formula is C20H24N6. The molecule has 3 aromatic rings. The van der Waals surface area contributed by atoms with Gasteiger partial charge in [-0.3, -0.25) is 10.4 Å². The molecule has 4 rings (SSSR count). The molecule has 3 heterocycles. The molecule has 2 unspecified atom stereocenters. The lowest BCUT2D eigenvalue weighted by molar-refractivity contribution is 0.491. The van der Waals surface area contributed by atoms with Gasteiger partial charge in [-0.25, -0.2) is 10.4 Å². The summed E-state index contributed by atoms with van der Waals surface area (Å²) >= 11 is 0. The summed E-state index contributed by atoms with van der Waals surface area (Å²) in [5.41, 5.74) is 10.1. The molecule has 1 aromatic carbocycles. The summed E-state index contributed by atoms with van der Waals surface area (Å²) in [5, 5.41) is 3.59. The Hall–Kier alpha value is -2.70. The second-order valence-electron chi connectivity index (χ2n) is 6.55. The third-order valence-electron chi connectivity index (χ3n) is 4.88. The van der Waals surface area contributed by atoms with Gasteiger partial charge in [-0.1, -0.05) is 18.2 Å². The van der Waals surface area contributed by atoms with Gasteiger partial charge >= 0.3 is 0 Å². The van der Waals surface area contributed by atoms with E-state index in [2.05, 4.69) is 68.0 Å². The maximum absolute atomic E-state index is 4.50. The van der Waals surface area contributed by atoms with Crippen LogP contribution in [0.4, 0.5) is 5.69 Å². The van der Waals surface area contributed by atoms with E-state index in [1.54, 1.807) is 0 Å². The fraction of sp³-hybridized carbons (Fsp3) is 0.300. The van der Waals surface area contributed by atoms with Gasteiger partial charge in [0.05, 0.1) is 6.04 Å². The van der Waals surface area contributed by atoms with Crippen molar-refractivity contribution in [2.75, 3.05) is 18.4 Å². The van der Waals surface area contributed by atoms with E-state index in [0.29, 0.717) is 5.92 Å². The van der Waals surface area contributed by atoms with E-state index < -0.39 is 0 Å². The van der Waals surface area contributed by atoms with Crippen molar-refractivity contribution in [3.05, 3.63) is 66.7 Å². The minimum absolute atomic E-state index is 0.262. The smallest absolute Gasteiger partial charge is 0.139 e. The number of benzene rings is 1. The molecule has 2 atom stereocenters. The highest BCUT2D eigenvalue weighted by Gasteiger charge is 2.28. The zero-order chi connectivity index (χ0) is 17.8. The second kappa shape index (κ2) is 7.68. The van der Waals surface area contributed by atoms with Gasteiger partial charge in [0.1, 0.15) is 5.82 Å². The van der Waals surface area contributed by atoms with Crippen molar-refractivity contribution in [3.8, 4) is 11.4 Å². The molecule has 134 valence electrons. The van der Waals surface area contributed by atoms with Crippen LogP contribution >= 0.6 is 0 Å². The Morgan fingerprint density at radius 3 is 3.04 bits per heavy atom. The Morgan fingerprint density at radius 1 is 1.23 bits per heavy atom. The Bertz CT molecular complexity index is 844. The zero-order valence-electron chi connectivity index (χ0n) is 14.9. The SMILES string of the molecule is CCn1ccnc1-c1cccc(NCC2CNNC2c2cccnc2)c1. The first kappa shape index (κ1) is 16.8. The number of nitrogens with one attached hydrogen (secondary N) is 3. The molecule has 1 saturated heterocycles. The van der Waals surface area contributed by atoms with Crippen LogP contribution in [0.3, 0.4) is 0 Å². The summed E-state index contributed by atoms with van der Waals surface area (Å²) in [6, 6.07) is 12.8. The van der Waals surface area contributed by atoms with Crippen LogP contribution in [0, 0.1) is 5.92 Å². The largest absolute Gasteiger partial charge is 0.385 e.